The van der Waals surface area contributed by atoms with Gasteiger partial charge in [-0.3, -0.25) is 14.4 Å². The smallest absolute Gasteiger partial charge is 0.343 e. The predicted molar refractivity (Wildman–Crippen MR) is 157 cm³/mol. The molecular formula is C33H39BrO5. The van der Waals surface area contributed by atoms with Crippen molar-refractivity contribution in [3.8, 4) is 0 Å². The Morgan fingerprint density at radius 3 is 2.10 bits per heavy atom. The van der Waals surface area contributed by atoms with E-state index in [1.807, 2.05) is 39.8 Å². The number of ether oxygens (including phenoxy) is 1. The highest BCUT2D eigenvalue weighted by molar-refractivity contribution is 9.10. The molecule has 2 aliphatic rings. The highest BCUT2D eigenvalue weighted by atomic mass is 79.9. The molecule has 0 aliphatic heterocycles. The second-order valence-corrected chi connectivity index (χ2v) is 13.0. The van der Waals surface area contributed by atoms with Crippen molar-refractivity contribution in [2.24, 2.45) is 22.2 Å². The van der Waals surface area contributed by atoms with Gasteiger partial charge in [0.15, 0.2) is 22.8 Å². The van der Waals surface area contributed by atoms with Gasteiger partial charge in [0.1, 0.15) is 5.76 Å². The van der Waals surface area contributed by atoms with Gasteiger partial charge in [-0.2, -0.15) is 0 Å². The number of ketones is 3. The lowest BCUT2D eigenvalue weighted by molar-refractivity contribution is -0.167. The van der Waals surface area contributed by atoms with Gasteiger partial charge in [-0.25, -0.2) is 4.79 Å². The fourth-order valence-corrected chi connectivity index (χ4v) is 6.02. The largest absolute Gasteiger partial charge is 0.426 e. The van der Waals surface area contributed by atoms with Crippen LogP contribution in [0.2, 0.25) is 0 Å². The molecule has 0 N–H and O–H groups in total. The summed E-state index contributed by atoms with van der Waals surface area (Å²) in [7, 11) is 0. The first-order valence-corrected chi connectivity index (χ1v) is 14.1. The summed E-state index contributed by atoms with van der Waals surface area (Å²) in [5.74, 6) is -2.68. The minimum atomic E-state index is -1.95. The zero-order valence-corrected chi connectivity index (χ0v) is 25.9. The third kappa shape index (κ3) is 4.97. The molecule has 5 nitrogen and oxygen atoms in total. The highest BCUT2D eigenvalue weighted by Gasteiger charge is 2.74. The van der Waals surface area contributed by atoms with E-state index in [0.717, 1.165) is 15.6 Å². The Labute approximate surface area is 240 Å². The minimum absolute atomic E-state index is 0.0456. The van der Waals surface area contributed by atoms with E-state index in [9.17, 15) is 19.2 Å². The summed E-state index contributed by atoms with van der Waals surface area (Å²) in [4.78, 5) is 57.1. The van der Waals surface area contributed by atoms with E-state index < -0.39 is 45.5 Å². The maximum Gasteiger partial charge on any atom is 0.343 e. The maximum atomic E-state index is 14.9. The number of halogens is 1. The first-order chi connectivity index (χ1) is 18.0. The number of carbonyl (C=O) groups is 4. The molecular weight excluding hydrogens is 556 g/mol. The Bertz CT molecular complexity index is 1330. The van der Waals surface area contributed by atoms with Crippen molar-refractivity contribution < 1.29 is 23.9 Å². The van der Waals surface area contributed by atoms with E-state index in [4.69, 9.17) is 4.74 Å². The van der Waals surface area contributed by atoms with Crippen LogP contribution in [0.25, 0.3) is 0 Å². The molecule has 0 unspecified atom stereocenters. The van der Waals surface area contributed by atoms with Crippen LogP contribution in [0, 0.1) is 22.2 Å². The number of carbonyl (C=O) groups excluding carboxylic acids is 4. The van der Waals surface area contributed by atoms with Gasteiger partial charge < -0.3 is 4.74 Å². The summed E-state index contributed by atoms with van der Waals surface area (Å²) in [5, 5.41) is 0. The Morgan fingerprint density at radius 2 is 1.59 bits per heavy atom. The summed E-state index contributed by atoms with van der Waals surface area (Å²) in [5.41, 5.74) is -1.45. The zero-order valence-electron chi connectivity index (χ0n) is 24.3. The van der Waals surface area contributed by atoms with E-state index >= 15 is 0 Å². The fraction of sp³-hybridized carbons (Fsp3) is 0.455. The van der Waals surface area contributed by atoms with Gasteiger partial charge >= 0.3 is 5.97 Å². The number of rotatable bonds is 8. The number of hydrogen-bond donors (Lipinski definition) is 0. The molecule has 2 atom stereocenters. The molecule has 1 fully saturated rings. The zero-order chi connectivity index (χ0) is 29.5. The normalized spacial score (nSPS) is 24.0. The van der Waals surface area contributed by atoms with Crippen LogP contribution in [-0.2, 0) is 19.1 Å². The number of esters is 1. The van der Waals surface area contributed by atoms with Gasteiger partial charge in [0.25, 0.3) is 0 Å². The van der Waals surface area contributed by atoms with Crippen molar-refractivity contribution >= 4 is 39.2 Å². The summed E-state index contributed by atoms with van der Waals surface area (Å²) in [6.07, 6.45) is 4.28. The number of benzene rings is 1. The molecule has 0 heterocycles. The van der Waals surface area contributed by atoms with E-state index in [1.165, 1.54) is 0 Å². The molecule has 0 radical (unpaired) electrons. The Morgan fingerprint density at radius 1 is 1.03 bits per heavy atom. The quantitative estimate of drug-likeness (QED) is 0.173. The number of fused-ring (bicyclic) bond motifs is 2. The van der Waals surface area contributed by atoms with E-state index in [1.54, 1.807) is 52.0 Å². The molecule has 2 bridgehead atoms. The number of hydrogen-bond acceptors (Lipinski definition) is 5. The average molecular weight is 596 g/mol. The predicted octanol–water partition coefficient (Wildman–Crippen LogP) is 7.91. The van der Waals surface area contributed by atoms with Gasteiger partial charge in [-0.1, -0.05) is 79.1 Å². The van der Waals surface area contributed by atoms with Gasteiger partial charge in [0.05, 0.1) is 11.0 Å². The third-order valence-corrected chi connectivity index (χ3v) is 8.71. The second-order valence-electron chi connectivity index (χ2n) is 12.1. The maximum absolute atomic E-state index is 14.9. The van der Waals surface area contributed by atoms with Crippen molar-refractivity contribution in [2.75, 3.05) is 0 Å². The van der Waals surface area contributed by atoms with Gasteiger partial charge in [0.2, 0.25) is 0 Å². The van der Waals surface area contributed by atoms with E-state index in [2.05, 4.69) is 22.5 Å². The summed E-state index contributed by atoms with van der Waals surface area (Å²) < 4.78 is 6.90. The van der Waals surface area contributed by atoms with Crippen molar-refractivity contribution in [3.63, 3.8) is 0 Å². The molecule has 208 valence electrons. The lowest BCUT2D eigenvalue weighted by atomic mass is 9.41. The molecule has 1 aromatic rings. The molecule has 3 rings (SSSR count). The fourth-order valence-electron chi connectivity index (χ4n) is 5.75. The van der Waals surface area contributed by atoms with Gasteiger partial charge in [-0.15, -0.1) is 0 Å². The molecule has 0 saturated heterocycles. The molecule has 0 amide bonds. The molecule has 2 aliphatic carbocycles. The van der Waals surface area contributed by atoms with Gasteiger partial charge in [-0.05, 0) is 71.2 Å². The number of allylic oxidation sites excluding steroid dienone is 7. The van der Waals surface area contributed by atoms with Crippen LogP contribution in [0.3, 0.4) is 0 Å². The SMILES string of the molecule is C=C1C[C@]2(CC=C(C)C)C(=O)[C@@](C(=O)C(C)C)(C(=O)C(CC=C(C)C)=C2OC(=O)c2ccc(Br)cc2)C1(C)C. The van der Waals surface area contributed by atoms with E-state index in [-0.39, 0.29) is 36.2 Å². The molecule has 0 aromatic heterocycles. The van der Waals surface area contributed by atoms with Crippen LogP contribution in [0.5, 0.6) is 0 Å². The van der Waals surface area contributed by atoms with Crippen molar-refractivity contribution in [1.29, 1.82) is 0 Å². The van der Waals surface area contributed by atoms with Crippen molar-refractivity contribution in [2.45, 2.75) is 74.7 Å². The lowest BCUT2D eigenvalue weighted by Crippen LogP contribution is -2.68. The van der Waals surface area contributed by atoms with Crippen molar-refractivity contribution in [3.05, 3.63) is 81.1 Å². The van der Waals surface area contributed by atoms with Crippen molar-refractivity contribution in [1.82, 2.24) is 0 Å². The summed E-state index contributed by atoms with van der Waals surface area (Å²) in [6, 6.07) is 6.69. The van der Waals surface area contributed by atoms with Crippen LogP contribution in [0.15, 0.2) is 75.5 Å². The van der Waals surface area contributed by atoms with Gasteiger partial charge in [0, 0.05) is 21.4 Å². The van der Waals surface area contributed by atoms with Crippen LogP contribution < -0.4 is 0 Å². The Balaban J connectivity index is 2.45. The molecule has 39 heavy (non-hydrogen) atoms. The topological polar surface area (TPSA) is 77.5 Å². The molecule has 1 aromatic carbocycles. The molecule has 0 spiro atoms. The Hall–Kier alpha value is -2.86. The Kier molecular flexibility index (Phi) is 8.62. The molecule has 6 heteroatoms. The second kappa shape index (κ2) is 11.0. The van der Waals surface area contributed by atoms with Crippen LogP contribution in [0.4, 0.5) is 0 Å². The van der Waals surface area contributed by atoms with Crippen LogP contribution >= 0.6 is 15.9 Å². The first-order valence-electron chi connectivity index (χ1n) is 13.3. The minimum Gasteiger partial charge on any atom is -0.426 e. The summed E-state index contributed by atoms with van der Waals surface area (Å²) >= 11 is 3.37. The lowest BCUT2D eigenvalue weighted by Gasteiger charge is -2.57. The van der Waals surface area contributed by atoms with Crippen LogP contribution in [-0.4, -0.2) is 23.3 Å². The standard InChI is InChI=1S/C33H39BrO5/c1-19(2)10-15-25-27(36)33(26(35)21(5)6)30(38)32(17-16-20(3)4,18-22(7)31(33,8)9)28(25)39-29(37)23-11-13-24(34)14-12-23/h10-14,16,21H,7,15,17-18H2,1-6,8-9H3/t32-,33+/m0/s1. The van der Waals surface area contributed by atoms with Crippen LogP contribution in [0.1, 0.15) is 85.0 Å². The number of Topliss-reactive ketones (excluding diaryl/α,β-unsaturated/α-hetero) is 3. The van der Waals surface area contributed by atoms with E-state index in [0.29, 0.717) is 5.57 Å². The molecule has 1 saturated carbocycles. The highest BCUT2D eigenvalue weighted by Crippen LogP contribution is 2.65. The third-order valence-electron chi connectivity index (χ3n) is 8.18. The summed E-state index contributed by atoms with van der Waals surface area (Å²) in [6.45, 7) is 18.9. The monoisotopic (exact) mass is 594 g/mol. The first kappa shape index (κ1) is 30.7. The average Bonchev–Trinajstić information content (AvgIpc) is 2.84.